The molecule has 23 heavy (non-hydrogen) atoms. The summed E-state index contributed by atoms with van der Waals surface area (Å²) in [7, 11) is 1.66. The smallest absolute Gasteiger partial charge is 0.175 e. The fourth-order valence-corrected chi connectivity index (χ4v) is 3.26. The van der Waals surface area contributed by atoms with E-state index in [1.165, 1.54) is 12.1 Å². The fourth-order valence-electron chi connectivity index (χ4n) is 2.66. The number of halogens is 1. The molecule has 128 valence electrons. The van der Waals surface area contributed by atoms with Gasteiger partial charge in [0.2, 0.25) is 0 Å². The highest BCUT2D eigenvalue weighted by molar-refractivity contribution is 9.10. The Morgan fingerprint density at radius 2 is 2.17 bits per heavy atom. The second-order valence-electron chi connectivity index (χ2n) is 5.60. The van der Waals surface area contributed by atoms with E-state index in [4.69, 9.17) is 14.2 Å². The second-order valence-corrected chi connectivity index (χ2v) is 6.46. The van der Waals surface area contributed by atoms with Gasteiger partial charge in [-0.2, -0.15) is 0 Å². The lowest BCUT2D eigenvalue weighted by molar-refractivity contribution is -0.920. The number of ether oxygens (including phenoxy) is 3. The zero-order chi connectivity index (χ0) is 16.5. The molecular weight excluding hydrogens is 360 g/mol. The number of hydrogen-bond acceptors (Lipinski definition) is 3. The Kier molecular flexibility index (Phi) is 7.88. The molecule has 1 saturated heterocycles. The maximum absolute atomic E-state index is 5.65. The first-order valence-corrected chi connectivity index (χ1v) is 8.87. The first-order valence-electron chi connectivity index (χ1n) is 8.07. The van der Waals surface area contributed by atoms with E-state index in [0.29, 0.717) is 6.61 Å². The number of benzene rings is 1. The van der Waals surface area contributed by atoms with Crippen LogP contribution in [0, 0.1) is 0 Å². The molecule has 0 spiro atoms. The molecule has 6 heteroatoms. The molecular formula is C17H27BrN2O3+2. The number of nitrogens with one attached hydrogen (secondary N) is 1. The van der Waals surface area contributed by atoms with E-state index < -0.39 is 0 Å². The highest BCUT2D eigenvalue weighted by Crippen LogP contribution is 2.36. The molecule has 1 aromatic rings. The molecule has 0 aliphatic carbocycles. The molecule has 1 aliphatic rings. The SMILES string of the molecule is C=CCOc1c(Br)cc(C[NH2+]CC[NH+]2CCOCC2)cc1OC. The first-order chi connectivity index (χ1) is 11.2. The Hall–Kier alpha value is -1.08. The first kappa shape index (κ1) is 18.3. The molecule has 3 N–H and O–H groups in total. The van der Waals surface area contributed by atoms with E-state index in [1.54, 1.807) is 18.1 Å². The van der Waals surface area contributed by atoms with Crippen LogP contribution in [-0.2, 0) is 11.3 Å². The van der Waals surface area contributed by atoms with Gasteiger partial charge in [0.25, 0.3) is 0 Å². The van der Waals surface area contributed by atoms with Crippen LogP contribution in [0.4, 0.5) is 0 Å². The summed E-state index contributed by atoms with van der Waals surface area (Å²) in [5.41, 5.74) is 1.22. The van der Waals surface area contributed by atoms with Crippen molar-refractivity contribution in [1.29, 1.82) is 0 Å². The van der Waals surface area contributed by atoms with Crippen molar-refractivity contribution in [2.45, 2.75) is 6.54 Å². The summed E-state index contributed by atoms with van der Waals surface area (Å²) < 4.78 is 17.4. The molecule has 1 fully saturated rings. The Morgan fingerprint density at radius 3 is 2.87 bits per heavy atom. The van der Waals surface area contributed by atoms with Crippen LogP contribution < -0.4 is 19.7 Å². The lowest BCUT2D eigenvalue weighted by Crippen LogP contribution is -3.16. The highest BCUT2D eigenvalue weighted by Gasteiger charge is 2.15. The summed E-state index contributed by atoms with van der Waals surface area (Å²) in [6.45, 7) is 11.4. The Morgan fingerprint density at radius 1 is 1.39 bits per heavy atom. The Labute approximate surface area is 146 Å². The molecule has 0 aromatic heterocycles. The van der Waals surface area contributed by atoms with Crippen molar-refractivity contribution in [1.82, 2.24) is 0 Å². The minimum atomic E-state index is 0.461. The number of hydrogen-bond donors (Lipinski definition) is 2. The van der Waals surface area contributed by atoms with Gasteiger partial charge in [-0.25, -0.2) is 0 Å². The summed E-state index contributed by atoms with van der Waals surface area (Å²) in [6.07, 6.45) is 1.72. The van der Waals surface area contributed by atoms with E-state index in [2.05, 4.69) is 33.9 Å². The predicted molar refractivity (Wildman–Crippen MR) is 93.3 cm³/mol. The molecule has 0 amide bonds. The van der Waals surface area contributed by atoms with Gasteiger partial charge in [-0.05, 0) is 28.1 Å². The highest BCUT2D eigenvalue weighted by atomic mass is 79.9. The zero-order valence-electron chi connectivity index (χ0n) is 13.8. The van der Waals surface area contributed by atoms with Gasteiger partial charge in [-0.15, -0.1) is 0 Å². The predicted octanol–water partition coefficient (Wildman–Crippen LogP) is 0.00100. The number of methoxy groups -OCH3 is 1. The molecule has 2 rings (SSSR count). The van der Waals surface area contributed by atoms with E-state index in [-0.39, 0.29) is 0 Å². The minimum Gasteiger partial charge on any atom is -0.493 e. The Bertz CT molecular complexity index is 505. The van der Waals surface area contributed by atoms with E-state index in [9.17, 15) is 0 Å². The van der Waals surface area contributed by atoms with E-state index in [0.717, 1.165) is 55.4 Å². The molecule has 5 nitrogen and oxygen atoms in total. The van der Waals surface area contributed by atoms with Crippen LogP contribution >= 0.6 is 15.9 Å². The van der Waals surface area contributed by atoms with Crippen LogP contribution in [0.25, 0.3) is 0 Å². The van der Waals surface area contributed by atoms with Crippen molar-refractivity contribution in [2.75, 3.05) is 53.1 Å². The van der Waals surface area contributed by atoms with Crippen molar-refractivity contribution in [3.63, 3.8) is 0 Å². The average molecular weight is 387 g/mol. The van der Waals surface area contributed by atoms with Gasteiger partial charge in [0, 0.05) is 5.56 Å². The van der Waals surface area contributed by atoms with Crippen LogP contribution in [0.1, 0.15) is 5.56 Å². The van der Waals surface area contributed by atoms with Crippen molar-refractivity contribution in [3.8, 4) is 11.5 Å². The second kappa shape index (κ2) is 9.93. The van der Waals surface area contributed by atoms with E-state index in [1.807, 2.05) is 6.07 Å². The number of quaternary nitrogens is 2. The molecule has 0 atom stereocenters. The van der Waals surface area contributed by atoms with Crippen LogP contribution in [0.3, 0.4) is 0 Å². The summed E-state index contributed by atoms with van der Waals surface area (Å²) in [4.78, 5) is 1.64. The fraction of sp³-hybridized carbons (Fsp3) is 0.529. The van der Waals surface area contributed by atoms with Crippen molar-refractivity contribution >= 4 is 15.9 Å². The van der Waals surface area contributed by atoms with Gasteiger partial charge >= 0.3 is 0 Å². The average Bonchev–Trinajstić information content (AvgIpc) is 2.58. The maximum Gasteiger partial charge on any atom is 0.175 e. The monoisotopic (exact) mass is 386 g/mol. The number of nitrogens with two attached hydrogens (primary N) is 1. The van der Waals surface area contributed by atoms with Crippen LogP contribution in [0.15, 0.2) is 29.3 Å². The standard InChI is InChI=1S/C17H25BrN2O3/c1-3-8-23-17-15(18)11-14(12-16(17)21-2)13-19-4-5-20-6-9-22-10-7-20/h3,11-12,19H,1,4-10,13H2,2H3/p+2. The number of morpholine rings is 1. The lowest BCUT2D eigenvalue weighted by atomic mass is 10.2. The zero-order valence-corrected chi connectivity index (χ0v) is 15.4. The van der Waals surface area contributed by atoms with Crippen molar-refractivity contribution < 1.29 is 24.4 Å². The third kappa shape index (κ3) is 5.80. The molecule has 1 aliphatic heterocycles. The van der Waals surface area contributed by atoms with Gasteiger partial charge in [0.05, 0.1) is 24.8 Å². The molecule has 1 heterocycles. The summed E-state index contributed by atoms with van der Waals surface area (Å²) in [5, 5.41) is 2.34. The molecule has 0 saturated carbocycles. The van der Waals surface area contributed by atoms with Gasteiger partial charge in [-0.3, -0.25) is 0 Å². The van der Waals surface area contributed by atoms with Crippen LogP contribution in [0.2, 0.25) is 0 Å². The van der Waals surface area contributed by atoms with Crippen molar-refractivity contribution in [3.05, 3.63) is 34.8 Å². The molecule has 0 radical (unpaired) electrons. The van der Waals surface area contributed by atoms with Gasteiger partial charge in [0.15, 0.2) is 11.5 Å². The third-order valence-corrected chi connectivity index (χ3v) is 4.51. The quantitative estimate of drug-likeness (QED) is 0.464. The molecule has 1 aromatic carbocycles. The Balaban J connectivity index is 1.84. The number of rotatable bonds is 9. The normalized spacial score (nSPS) is 15.4. The lowest BCUT2D eigenvalue weighted by Gasteiger charge is -2.22. The van der Waals surface area contributed by atoms with Crippen LogP contribution in [-0.4, -0.2) is 53.1 Å². The van der Waals surface area contributed by atoms with Gasteiger partial charge < -0.3 is 24.4 Å². The van der Waals surface area contributed by atoms with Gasteiger partial charge in [0.1, 0.15) is 39.3 Å². The maximum atomic E-state index is 5.65. The van der Waals surface area contributed by atoms with Crippen LogP contribution in [0.5, 0.6) is 11.5 Å². The summed E-state index contributed by atoms with van der Waals surface area (Å²) in [6, 6.07) is 4.14. The summed E-state index contributed by atoms with van der Waals surface area (Å²) >= 11 is 3.57. The largest absolute Gasteiger partial charge is 0.493 e. The van der Waals surface area contributed by atoms with E-state index >= 15 is 0 Å². The van der Waals surface area contributed by atoms with Gasteiger partial charge in [-0.1, -0.05) is 12.7 Å². The third-order valence-electron chi connectivity index (χ3n) is 3.92. The summed E-state index contributed by atoms with van der Waals surface area (Å²) in [5.74, 6) is 1.48. The van der Waals surface area contributed by atoms with Crippen molar-refractivity contribution in [2.24, 2.45) is 0 Å². The topological polar surface area (TPSA) is 48.7 Å². The molecule has 0 unspecified atom stereocenters. The minimum absolute atomic E-state index is 0.461. The molecule has 0 bridgehead atoms.